The summed E-state index contributed by atoms with van der Waals surface area (Å²) in [7, 11) is 0. The van der Waals surface area contributed by atoms with Crippen LogP contribution in [-0.4, -0.2) is 25.7 Å². The Morgan fingerprint density at radius 2 is 2.12 bits per heavy atom. The molecule has 0 bridgehead atoms. The first kappa shape index (κ1) is 15.1. The van der Waals surface area contributed by atoms with Crippen molar-refractivity contribution in [3.8, 4) is 0 Å². The number of hydrogen-bond acceptors (Lipinski definition) is 5. The normalized spacial score (nSPS) is 10.9. The van der Waals surface area contributed by atoms with E-state index >= 15 is 0 Å². The molecule has 3 heterocycles. The van der Waals surface area contributed by atoms with E-state index in [9.17, 15) is 4.79 Å². The van der Waals surface area contributed by atoms with Crippen molar-refractivity contribution in [2.24, 2.45) is 0 Å². The molecule has 0 atom stereocenters. The highest BCUT2D eigenvalue weighted by molar-refractivity contribution is 5.94. The molecule has 0 aliphatic carbocycles. The number of nitrogens with one attached hydrogen (secondary N) is 1. The van der Waals surface area contributed by atoms with Crippen LogP contribution in [0.4, 0.5) is 0 Å². The van der Waals surface area contributed by atoms with Crippen molar-refractivity contribution in [1.29, 1.82) is 0 Å². The van der Waals surface area contributed by atoms with E-state index in [0.29, 0.717) is 29.2 Å². The second kappa shape index (κ2) is 6.56. The van der Waals surface area contributed by atoms with E-state index < -0.39 is 0 Å². The summed E-state index contributed by atoms with van der Waals surface area (Å²) in [6.07, 6.45) is 5.26. The van der Waals surface area contributed by atoms with E-state index in [0.717, 1.165) is 5.56 Å². The number of oxazole rings is 1. The Balaban J connectivity index is 1.43. The smallest absolute Gasteiger partial charge is 0.251 e. The Kier molecular flexibility index (Phi) is 3.96. The van der Waals surface area contributed by atoms with Gasteiger partial charge in [0.1, 0.15) is 0 Å². The van der Waals surface area contributed by atoms with E-state index in [-0.39, 0.29) is 12.5 Å². The summed E-state index contributed by atoms with van der Waals surface area (Å²) in [5.41, 5.74) is 2.72. The van der Waals surface area contributed by atoms with Gasteiger partial charge in [-0.3, -0.25) is 9.48 Å². The second-order valence-corrected chi connectivity index (χ2v) is 5.52. The van der Waals surface area contributed by atoms with Gasteiger partial charge in [0.2, 0.25) is 5.89 Å². The predicted octanol–water partition coefficient (Wildman–Crippen LogP) is 2.40. The van der Waals surface area contributed by atoms with Crippen LogP contribution in [0.5, 0.6) is 0 Å². The highest BCUT2D eigenvalue weighted by Crippen LogP contribution is 2.12. The molecule has 0 fully saturated rings. The van der Waals surface area contributed by atoms with Gasteiger partial charge < -0.3 is 9.73 Å². The molecule has 4 aromatic rings. The summed E-state index contributed by atoms with van der Waals surface area (Å²) >= 11 is 0. The molecule has 7 heteroatoms. The van der Waals surface area contributed by atoms with Crippen LogP contribution < -0.4 is 5.32 Å². The van der Waals surface area contributed by atoms with Gasteiger partial charge in [-0.2, -0.15) is 10.1 Å². The topological polar surface area (TPSA) is 85.8 Å². The number of nitrogens with zero attached hydrogens (tertiary/aromatic N) is 4. The van der Waals surface area contributed by atoms with Crippen molar-refractivity contribution in [1.82, 2.24) is 25.1 Å². The molecule has 0 unspecified atom stereocenters. The van der Waals surface area contributed by atoms with Gasteiger partial charge in [-0.15, -0.1) is 0 Å². The van der Waals surface area contributed by atoms with Crippen molar-refractivity contribution < 1.29 is 9.21 Å². The largest absolute Gasteiger partial charge is 0.437 e. The Morgan fingerprint density at radius 3 is 2.96 bits per heavy atom. The van der Waals surface area contributed by atoms with Crippen molar-refractivity contribution in [3.05, 3.63) is 78.1 Å². The fourth-order valence-corrected chi connectivity index (χ4v) is 2.54. The number of carbonyl (C=O) groups is 1. The van der Waals surface area contributed by atoms with Crippen molar-refractivity contribution in [2.75, 3.05) is 0 Å². The molecule has 4 rings (SSSR count). The minimum atomic E-state index is -0.183. The zero-order chi connectivity index (χ0) is 17.1. The Hall–Kier alpha value is -3.48. The van der Waals surface area contributed by atoms with E-state index in [4.69, 9.17) is 4.42 Å². The maximum atomic E-state index is 12.4. The molecule has 124 valence electrons. The molecular weight excluding hydrogens is 318 g/mol. The lowest BCUT2D eigenvalue weighted by molar-refractivity contribution is 0.0947. The molecule has 3 aromatic heterocycles. The Morgan fingerprint density at radius 1 is 1.16 bits per heavy atom. The van der Waals surface area contributed by atoms with E-state index in [1.807, 2.05) is 35.1 Å². The summed E-state index contributed by atoms with van der Waals surface area (Å²) in [6, 6.07) is 12.9. The maximum Gasteiger partial charge on any atom is 0.251 e. The number of pyridine rings is 1. The average molecular weight is 333 g/mol. The monoisotopic (exact) mass is 333 g/mol. The van der Waals surface area contributed by atoms with Crippen LogP contribution in [0.3, 0.4) is 0 Å². The van der Waals surface area contributed by atoms with Gasteiger partial charge in [-0.05, 0) is 35.9 Å². The lowest BCUT2D eigenvalue weighted by atomic mass is 10.1. The van der Waals surface area contributed by atoms with Crippen LogP contribution >= 0.6 is 0 Å². The Bertz CT molecular complexity index is 974. The molecule has 1 aromatic carbocycles. The van der Waals surface area contributed by atoms with Crippen molar-refractivity contribution in [3.63, 3.8) is 0 Å². The SMILES string of the molecule is O=C(NCc1nc2ncccc2o1)c1cccc(Cn2cccn2)c1. The van der Waals surface area contributed by atoms with Gasteiger partial charge in [0.25, 0.3) is 5.91 Å². The van der Waals surface area contributed by atoms with Gasteiger partial charge in [-0.1, -0.05) is 12.1 Å². The van der Waals surface area contributed by atoms with E-state index in [1.165, 1.54) is 0 Å². The highest BCUT2D eigenvalue weighted by atomic mass is 16.3. The molecule has 0 aliphatic rings. The molecule has 25 heavy (non-hydrogen) atoms. The predicted molar refractivity (Wildman–Crippen MR) is 90.7 cm³/mol. The molecule has 1 amide bonds. The first-order chi connectivity index (χ1) is 12.3. The minimum absolute atomic E-state index is 0.183. The van der Waals surface area contributed by atoms with Crippen molar-refractivity contribution >= 4 is 17.1 Å². The van der Waals surface area contributed by atoms with Gasteiger partial charge in [0, 0.05) is 24.2 Å². The number of amides is 1. The lowest BCUT2D eigenvalue weighted by Gasteiger charge is -2.06. The summed E-state index contributed by atoms with van der Waals surface area (Å²) < 4.78 is 7.36. The third-order valence-corrected chi connectivity index (χ3v) is 3.70. The molecule has 0 saturated carbocycles. The number of carbonyl (C=O) groups excluding carboxylic acids is 1. The highest BCUT2D eigenvalue weighted by Gasteiger charge is 2.10. The van der Waals surface area contributed by atoms with E-state index in [2.05, 4.69) is 20.4 Å². The van der Waals surface area contributed by atoms with Gasteiger partial charge >= 0.3 is 0 Å². The first-order valence-corrected chi connectivity index (χ1v) is 7.83. The van der Waals surface area contributed by atoms with Crippen molar-refractivity contribution in [2.45, 2.75) is 13.1 Å². The fraction of sp³-hybridized carbons (Fsp3) is 0.111. The average Bonchev–Trinajstić information content (AvgIpc) is 3.29. The van der Waals surface area contributed by atoms with Crippen LogP contribution in [0.25, 0.3) is 11.2 Å². The van der Waals surface area contributed by atoms with Crippen LogP contribution in [0.2, 0.25) is 0 Å². The zero-order valence-corrected chi connectivity index (χ0v) is 13.3. The number of fused-ring (bicyclic) bond motifs is 1. The number of hydrogen-bond donors (Lipinski definition) is 1. The quantitative estimate of drug-likeness (QED) is 0.606. The number of aromatic nitrogens is 4. The lowest BCUT2D eigenvalue weighted by Crippen LogP contribution is -2.23. The number of benzene rings is 1. The summed E-state index contributed by atoms with van der Waals surface area (Å²) in [5.74, 6) is 0.243. The van der Waals surface area contributed by atoms with Gasteiger partial charge in [-0.25, -0.2) is 4.98 Å². The van der Waals surface area contributed by atoms with Gasteiger partial charge in [0.15, 0.2) is 11.2 Å². The minimum Gasteiger partial charge on any atom is -0.437 e. The third kappa shape index (κ3) is 3.40. The standard InChI is InChI=1S/C18H15N5O2/c24-18(20-11-16-22-17-15(25-16)6-2-7-19-17)14-5-1-4-13(10-14)12-23-9-3-8-21-23/h1-10H,11-12H2,(H,20,24). The van der Waals surface area contributed by atoms with Crippen LogP contribution in [-0.2, 0) is 13.1 Å². The van der Waals surface area contributed by atoms with Crippen LogP contribution in [0, 0.1) is 0 Å². The summed E-state index contributed by atoms with van der Waals surface area (Å²) in [6.45, 7) is 0.823. The van der Waals surface area contributed by atoms with Crippen LogP contribution in [0.15, 0.2) is 65.5 Å². The molecule has 0 aliphatic heterocycles. The third-order valence-electron chi connectivity index (χ3n) is 3.70. The zero-order valence-electron chi connectivity index (χ0n) is 13.3. The van der Waals surface area contributed by atoms with Gasteiger partial charge in [0.05, 0.1) is 13.1 Å². The molecule has 7 nitrogen and oxygen atoms in total. The molecular formula is C18H15N5O2. The summed E-state index contributed by atoms with van der Waals surface area (Å²) in [4.78, 5) is 20.7. The molecule has 0 spiro atoms. The maximum absolute atomic E-state index is 12.4. The molecule has 1 N–H and O–H groups in total. The van der Waals surface area contributed by atoms with Crippen LogP contribution in [0.1, 0.15) is 21.8 Å². The Labute approximate surface area is 143 Å². The number of rotatable bonds is 5. The fourth-order valence-electron chi connectivity index (χ4n) is 2.54. The molecule has 0 radical (unpaired) electrons. The first-order valence-electron chi connectivity index (χ1n) is 7.83. The molecule has 0 saturated heterocycles. The second-order valence-electron chi connectivity index (χ2n) is 5.52. The summed E-state index contributed by atoms with van der Waals surface area (Å²) in [5, 5.41) is 6.99. The van der Waals surface area contributed by atoms with E-state index in [1.54, 1.807) is 30.6 Å².